The summed E-state index contributed by atoms with van der Waals surface area (Å²) in [7, 11) is -4.26. The summed E-state index contributed by atoms with van der Waals surface area (Å²) in [6, 6.07) is 1.41. The molecule has 0 fully saturated rings. The predicted molar refractivity (Wildman–Crippen MR) is 31.6 cm³/mol. The standard InChI is InChI=1S/C4H6NO3P/c1-2-4(3-5)9(6,7)8/h2,4H,1H2,(H2,6,7,8). The Labute approximate surface area is 52.6 Å². The Morgan fingerprint density at radius 1 is 1.78 bits per heavy atom. The van der Waals surface area contributed by atoms with E-state index in [0.29, 0.717) is 0 Å². The van der Waals surface area contributed by atoms with Gasteiger partial charge in [-0.3, -0.25) is 4.57 Å². The lowest BCUT2D eigenvalue weighted by Crippen LogP contribution is -1.99. The zero-order valence-corrected chi connectivity index (χ0v) is 5.45. The normalized spacial score (nSPS) is 13.9. The van der Waals surface area contributed by atoms with Gasteiger partial charge in [-0.25, -0.2) is 0 Å². The van der Waals surface area contributed by atoms with Crippen molar-refractivity contribution in [2.24, 2.45) is 0 Å². The summed E-state index contributed by atoms with van der Waals surface area (Å²) in [5.74, 6) is 0. The second-order valence-corrected chi connectivity index (χ2v) is 3.13. The quantitative estimate of drug-likeness (QED) is 0.433. The molecule has 50 valence electrons. The maximum absolute atomic E-state index is 10.2. The molecule has 0 saturated heterocycles. The molecule has 9 heavy (non-hydrogen) atoms. The van der Waals surface area contributed by atoms with Crippen molar-refractivity contribution >= 4 is 7.60 Å². The molecule has 0 spiro atoms. The van der Waals surface area contributed by atoms with Gasteiger partial charge in [0.2, 0.25) is 0 Å². The molecular formula is C4H6NO3P. The molecule has 5 heteroatoms. The first kappa shape index (κ1) is 8.38. The average molecular weight is 147 g/mol. The van der Waals surface area contributed by atoms with Crippen LogP contribution in [0, 0.1) is 11.3 Å². The molecule has 0 aromatic heterocycles. The first-order chi connectivity index (χ1) is 4.02. The molecule has 0 bridgehead atoms. The third kappa shape index (κ3) is 2.43. The number of allylic oxidation sites excluding steroid dienone is 1. The molecule has 0 aromatic rings. The molecular weight excluding hydrogens is 141 g/mol. The summed E-state index contributed by atoms with van der Waals surface area (Å²) in [5.41, 5.74) is -1.36. The molecule has 4 nitrogen and oxygen atoms in total. The molecule has 0 radical (unpaired) electrons. The number of rotatable bonds is 2. The van der Waals surface area contributed by atoms with Crippen LogP contribution in [0.2, 0.25) is 0 Å². The van der Waals surface area contributed by atoms with Gasteiger partial charge in [0, 0.05) is 0 Å². The Hall–Kier alpha value is -0.620. The number of hydrogen-bond acceptors (Lipinski definition) is 2. The van der Waals surface area contributed by atoms with Gasteiger partial charge in [0.15, 0.2) is 5.66 Å². The summed E-state index contributed by atoms with van der Waals surface area (Å²) >= 11 is 0. The van der Waals surface area contributed by atoms with E-state index in [2.05, 4.69) is 6.58 Å². The molecule has 0 aliphatic carbocycles. The first-order valence-electron chi connectivity index (χ1n) is 2.09. The van der Waals surface area contributed by atoms with Crippen LogP contribution in [-0.4, -0.2) is 15.4 Å². The van der Waals surface area contributed by atoms with Gasteiger partial charge in [0.25, 0.3) is 0 Å². The second kappa shape index (κ2) is 2.79. The van der Waals surface area contributed by atoms with Gasteiger partial charge in [-0.2, -0.15) is 5.26 Å². The second-order valence-electron chi connectivity index (χ2n) is 1.40. The van der Waals surface area contributed by atoms with E-state index in [-0.39, 0.29) is 0 Å². The summed E-state index contributed by atoms with van der Waals surface area (Å²) in [6.07, 6.45) is 0.931. The molecule has 0 aliphatic rings. The van der Waals surface area contributed by atoms with Crippen LogP contribution in [0.3, 0.4) is 0 Å². The molecule has 0 heterocycles. The molecule has 0 aliphatic heterocycles. The van der Waals surface area contributed by atoms with E-state index >= 15 is 0 Å². The van der Waals surface area contributed by atoms with Crippen LogP contribution in [0.25, 0.3) is 0 Å². The van der Waals surface area contributed by atoms with Gasteiger partial charge in [-0.05, 0) is 0 Å². The lowest BCUT2D eigenvalue weighted by atomic mass is 10.5. The topological polar surface area (TPSA) is 81.3 Å². The van der Waals surface area contributed by atoms with Gasteiger partial charge in [0.05, 0.1) is 6.07 Å². The number of hydrogen-bond donors (Lipinski definition) is 2. The summed E-state index contributed by atoms with van der Waals surface area (Å²) in [5, 5.41) is 8.05. The van der Waals surface area contributed by atoms with Crippen molar-refractivity contribution in [2.75, 3.05) is 0 Å². The Kier molecular flexibility index (Phi) is 2.60. The minimum atomic E-state index is -4.26. The van der Waals surface area contributed by atoms with E-state index in [0.717, 1.165) is 6.08 Å². The fraction of sp³-hybridized carbons (Fsp3) is 0.250. The minimum absolute atomic E-state index is 0.931. The molecule has 2 N–H and O–H groups in total. The SMILES string of the molecule is C=CC(C#N)P(=O)(O)O. The van der Waals surface area contributed by atoms with Gasteiger partial charge in [-0.15, -0.1) is 6.58 Å². The minimum Gasteiger partial charge on any atom is -0.323 e. The lowest BCUT2D eigenvalue weighted by molar-refractivity contribution is 0.371. The molecule has 1 atom stereocenters. The van der Waals surface area contributed by atoms with Crippen LogP contribution >= 0.6 is 7.60 Å². The van der Waals surface area contributed by atoms with Crippen LogP contribution in [0.1, 0.15) is 0 Å². The van der Waals surface area contributed by atoms with Gasteiger partial charge in [0.1, 0.15) is 0 Å². The highest BCUT2D eigenvalue weighted by Gasteiger charge is 2.24. The van der Waals surface area contributed by atoms with Crippen molar-refractivity contribution in [1.82, 2.24) is 0 Å². The van der Waals surface area contributed by atoms with Crippen LogP contribution in [0.4, 0.5) is 0 Å². The smallest absolute Gasteiger partial charge is 0.323 e. The van der Waals surface area contributed by atoms with Crippen molar-refractivity contribution in [3.8, 4) is 6.07 Å². The Morgan fingerprint density at radius 3 is 2.22 bits per heavy atom. The summed E-state index contributed by atoms with van der Waals surface area (Å²) in [6.45, 7) is 3.08. The van der Waals surface area contributed by atoms with E-state index in [1.807, 2.05) is 0 Å². The lowest BCUT2D eigenvalue weighted by Gasteiger charge is -2.03. The van der Waals surface area contributed by atoms with E-state index in [4.69, 9.17) is 15.0 Å². The fourth-order valence-electron chi connectivity index (χ4n) is 0.265. The van der Waals surface area contributed by atoms with Gasteiger partial charge in [-0.1, -0.05) is 6.08 Å². The summed E-state index contributed by atoms with van der Waals surface area (Å²) in [4.78, 5) is 16.6. The van der Waals surface area contributed by atoms with Gasteiger partial charge >= 0.3 is 7.60 Å². The van der Waals surface area contributed by atoms with Crippen molar-refractivity contribution in [2.45, 2.75) is 5.66 Å². The average Bonchev–Trinajstić information content (AvgIpc) is 1.65. The van der Waals surface area contributed by atoms with Crippen LogP contribution in [0.5, 0.6) is 0 Å². The van der Waals surface area contributed by atoms with Crippen molar-refractivity contribution in [1.29, 1.82) is 5.26 Å². The van der Waals surface area contributed by atoms with Crippen LogP contribution in [-0.2, 0) is 4.57 Å². The highest BCUT2D eigenvalue weighted by atomic mass is 31.2. The van der Waals surface area contributed by atoms with Crippen LogP contribution in [0.15, 0.2) is 12.7 Å². The Balaban J connectivity index is 4.36. The highest BCUT2D eigenvalue weighted by molar-refractivity contribution is 7.53. The highest BCUT2D eigenvalue weighted by Crippen LogP contribution is 2.40. The maximum atomic E-state index is 10.2. The third-order valence-corrected chi connectivity index (χ3v) is 1.77. The first-order valence-corrected chi connectivity index (χ1v) is 3.78. The van der Waals surface area contributed by atoms with Crippen molar-refractivity contribution in [3.05, 3.63) is 12.7 Å². The Morgan fingerprint density at radius 2 is 2.22 bits per heavy atom. The van der Waals surface area contributed by atoms with Crippen molar-refractivity contribution < 1.29 is 14.4 Å². The molecule has 0 aromatic carbocycles. The summed E-state index contributed by atoms with van der Waals surface area (Å²) < 4.78 is 10.2. The third-order valence-electron chi connectivity index (χ3n) is 0.718. The van der Waals surface area contributed by atoms with E-state index in [1.54, 1.807) is 0 Å². The monoisotopic (exact) mass is 147 g/mol. The molecule has 0 saturated carbocycles. The van der Waals surface area contributed by atoms with E-state index < -0.39 is 13.3 Å². The zero-order chi connectivity index (χ0) is 7.49. The van der Waals surface area contributed by atoms with Gasteiger partial charge < -0.3 is 9.79 Å². The molecule has 0 rings (SSSR count). The van der Waals surface area contributed by atoms with E-state index in [9.17, 15) is 4.57 Å². The maximum Gasteiger partial charge on any atom is 0.346 e. The zero-order valence-electron chi connectivity index (χ0n) is 4.56. The Bertz CT molecular complexity index is 188. The fourth-order valence-corrected chi connectivity index (χ4v) is 0.690. The largest absolute Gasteiger partial charge is 0.346 e. The number of nitriles is 1. The molecule has 1 unspecified atom stereocenters. The van der Waals surface area contributed by atoms with Crippen molar-refractivity contribution in [3.63, 3.8) is 0 Å². The molecule has 0 amide bonds. The number of nitrogens with zero attached hydrogens (tertiary/aromatic N) is 1. The predicted octanol–water partition coefficient (Wildman–Crippen LogP) is 0.242. The van der Waals surface area contributed by atoms with Crippen LogP contribution < -0.4 is 0 Å². The van der Waals surface area contributed by atoms with E-state index in [1.165, 1.54) is 6.07 Å².